The normalized spacial score (nSPS) is 19.8. The summed E-state index contributed by atoms with van der Waals surface area (Å²) in [6, 6.07) is 9.61. The van der Waals surface area contributed by atoms with Crippen LogP contribution in [0.4, 0.5) is 0 Å². The van der Waals surface area contributed by atoms with Crippen molar-refractivity contribution < 1.29 is 4.74 Å². The minimum absolute atomic E-state index is 0.525. The van der Waals surface area contributed by atoms with E-state index in [0.717, 1.165) is 18.1 Å². The molecule has 1 aliphatic rings. The van der Waals surface area contributed by atoms with Crippen LogP contribution in [0.15, 0.2) is 24.3 Å². The first-order valence-electron chi connectivity index (χ1n) is 8.58. The molecule has 21 heavy (non-hydrogen) atoms. The third-order valence-corrected chi connectivity index (χ3v) is 4.86. The first kappa shape index (κ1) is 16.4. The van der Waals surface area contributed by atoms with E-state index in [1.807, 2.05) is 0 Å². The summed E-state index contributed by atoms with van der Waals surface area (Å²) < 4.78 is 5.21. The maximum atomic E-state index is 5.21. The molecule has 0 radical (unpaired) electrons. The zero-order valence-corrected chi connectivity index (χ0v) is 13.9. The third kappa shape index (κ3) is 5.35. The van der Waals surface area contributed by atoms with Crippen molar-refractivity contribution >= 4 is 0 Å². The molecule has 118 valence electrons. The molecule has 1 aromatic rings. The molecule has 1 fully saturated rings. The Labute approximate surface area is 130 Å². The smallest absolute Gasteiger partial charge is 0.118 e. The number of methoxy groups -OCH3 is 1. The summed E-state index contributed by atoms with van der Waals surface area (Å²) in [6.07, 6.45) is 9.61. The Hall–Kier alpha value is -1.02. The van der Waals surface area contributed by atoms with Crippen LogP contribution in [0.3, 0.4) is 0 Å². The van der Waals surface area contributed by atoms with Crippen molar-refractivity contribution in [2.75, 3.05) is 7.11 Å². The van der Waals surface area contributed by atoms with E-state index in [1.54, 1.807) is 7.11 Å². The second kappa shape index (κ2) is 8.43. The molecule has 0 aliphatic heterocycles. The van der Waals surface area contributed by atoms with Gasteiger partial charge in [-0.3, -0.25) is 0 Å². The van der Waals surface area contributed by atoms with Gasteiger partial charge in [-0.15, -0.1) is 0 Å². The number of hydrogen-bond acceptors (Lipinski definition) is 2. The van der Waals surface area contributed by atoms with Crippen molar-refractivity contribution in [1.29, 1.82) is 0 Å². The fourth-order valence-electron chi connectivity index (χ4n) is 3.57. The van der Waals surface area contributed by atoms with Crippen molar-refractivity contribution in [2.24, 2.45) is 5.92 Å². The highest BCUT2D eigenvalue weighted by molar-refractivity contribution is 5.27. The van der Waals surface area contributed by atoms with Gasteiger partial charge in [0.1, 0.15) is 5.75 Å². The Balaban J connectivity index is 1.80. The third-order valence-electron chi connectivity index (χ3n) is 4.86. The van der Waals surface area contributed by atoms with E-state index in [2.05, 4.69) is 43.4 Å². The van der Waals surface area contributed by atoms with Crippen LogP contribution in [0.2, 0.25) is 0 Å². The molecule has 1 N–H and O–H groups in total. The van der Waals surface area contributed by atoms with Crippen molar-refractivity contribution in [3.63, 3.8) is 0 Å². The summed E-state index contributed by atoms with van der Waals surface area (Å²) in [6.45, 7) is 4.68. The molecule has 2 atom stereocenters. The number of nitrogens with one attached hydrogen (secondary N) is 1. The molecule has 0 aromatic heterocycles. The summed E-state index contributed by atoms with van der Waals surface area (Å²) in [7, 11) is 1.72. The molecule has 1 unspecified atom stereocenters. The minimum atomic E-state index is 0.525. The van der Waals surface area contributed by atoms with Gasteiger partial charge in [0, 0.05) is 12.1 Å². The largest absolute Gasteiger partial charge is 0.497 e. The maximum absolute atomic E-state index is 5.21. The van der Waals surface area contributed by atoms with Crippen LogP contribution in [0.25, 0.3) is 0 Å². The van der Waals surface area contributed by atoms with Gasteiger partial charge in [-0.1, -0.05) is 37.8 Å². The monoisotopic (exact) mass is 289 g/mol. The van der Waals surface area contributed by atoms with Gasteiger partial charge in [0.15, 0.2) is 0 Å². The summed E-state index contributed by atoms with van der Waals surface area (Å²) >= 11 is 0. The number of benzene rings is 1. The first-order valence-corrected chi connectivity index (χ1v) is 8.58. The molecule has 1 aromatic carbocycles. The van der Waals surface area contributed by atoms with E-state index in [1.165, 1.54) is 44.1 Å². The lowest BCUT2D eigenvalue weighted by Gasteiger charge is -2.27. The molecule has 2 nitrogen and oxygen atoms in total. The SMILES string of the molecule is COc1ccc(CC(C)N[C@@H](C)C2CCCCCC2)cc1. The summed E-state index contributed by atoms with van der Waals surface area (Å²) in [5.74, 6) is 1.80. The van der Waals surface area contributed by atoms with Crippen molar-refractivity contribution in [1.82, 2.24) is 5.32 Å². The van der Waals surface area contributed by atoms with Gasteiger partial charge in [-0.25, -0.2) is 0 Å². The molecule has 1 saturated carbocycles. The standard InChI is InChI=1S/C19H31NO/c1-15(14-17-10-12-19(21-3)13-11-17)20-16(2)18-8-6-4-5-7-9-18/h10-13,15-16,18,20H,4-9,14H2,1-3H3/t15?,16-/m0/s1. The van der Waals surface area contributed by atoms with Gasteiger partial charge in [-0.05, 0) is 56.7 Å². The van der Waals surface area contributed by atoms with Crippen LogP contribution in [0, 0.1) is 5.92 Å². The highest BCUT2D eigenvalue weighted by atomic mass is 16.5. The Kier molecular flexibility index (Phi) is 6.56. The van der Waals surface area contributed by atoms with Gasteiger partial charge in [0.2, 0.25) is 0 Å². The molecular weight excluding hydrogens is 258 g/mol. The maximum Gasteiger partial charge on any atom is 0.118 e. The fraction of sp³-hybridized carbons (Fsp3) is 0.684. The lowest BCUT2D eigenvalue weighted by molar-refractivity contribution is 0.313. The highest BCUT2D eigenvalue weighted by Gasteiger charge is 2.20. The van der Waals surface area contributed by atoms with E-state index in [4.69, 9.17) is 4.74 Å². The Morgan fingerprint density at radius 2 is 1.67 bits per heavy atom. The van der Waals surface area contributed by atoms with E-state index in [-0.39, 0.29) is 0 Å². The molecule has 2 rings (SSSR count). The molecule has 0 spiro atoms. The Morgan fingerprint density at radius 3 is 2.24 bits per heavy atom. The van der Waals surface area contributed by atoms with Crippen LogP contribution in [0.1, 0.15) is 57.9 Å². The topological polar surface area (TPSA) is 21.3 Å². The van der Waals surface area contributed by atoms with E-state index >= 15 is 0 Å². The number of hydrogen-bond donors (Lipinski definition) is 1. The van der Waals surface area contributed by atoms with E-state index in [0.29, 0.717) is 12.1 Å². The Morgan fingerprint density at radius 1 is 1.05 bits per heavy atom. The zero-order chi connectivity index (χ0) is 15.1. The lowest BCUT2D eigenvalue weighted by Crippen LogP contribution is -2.40. The zero-order valence-electron chi connectivity index (χ0n) is 13.9. The lowest BCUT2D eigenvalue weighted by atomic mass is 9.92. The average molecular weight is 289 g/mol. The van der Waals surface area contributed by atoms with Gasteiger partial charge in [0.05, 0.1) is 7.11 Å². The second-order valence-electron chi connectivity index (χ2n) is 6.66. The van der Waals surface area contributed by atoms with Gasteiger partial charge < -0.3 is 10.1 Å². The van der Waals surface area contributed by atoms with Crippen LogP contribution in [-0.4, -0.2) is 19.2 Å². The highest BCUT2D eigenvalue weighted by Crippen LogP contribution is 2.25. The predicted molar refractivity (Wildman–Crippen MR) is 89.9 cm³/mol. The average Bonchev–Trinajstić information content (AvgIpc) is 2.77. The second-order valence-corrected chi connectivity index (χ2v) is 6.66. The molecule has 1 aliphatic carbocycles. The fourth-order valence-corrected chi connectivity index (χ4v) is 3.57. The van der Waals surface area contributed by atoms with Gasteiger partial charge in [-0.2, -0.15) is 0 Å². The molecule has 0 saturated heterocycles. The van der Waals surface area contributed by atoms with Crippen LogP contribution in [0.5, 0.6) is 5.75 Å². The number of rotatable bonds is 6. The number of ether oxygens (including phenoxy) is 1. The molecule has 2 heteroatoms. The van der Waals surface area contributed by atoms with Crippen molar-refractivity contribution in [3.05, 3.63) is 29.8 Å². The summed E-state index contributed by atoms with van der Waals surface area (Å²) in [5, 5.41) is 3.82. The molecule has 0 amide bonds. The van der Waals surface area contributed by atoms with Crippen LogP contribution >= 0.6 is 0 Å². The first-order chi connectivity index (χ1) is 10.2. The quantitative estimate of drug-likeness (QED) is 0.774. The van der Waals surface area contributed by atoms with Crippen LogP contribution < -0.4 is 10.1 Å². The van der Waals surface area contributed by atoms with Gasteiger partial charge >= 0.3 is 0 Å². The molecule has 0 heterocycles. The Bertz CT molecular complexity index is 393. The minimum Gasteiger partial charge on any atom is -0.497 e. The van der Waals surface area contributed by atoms with Crippen molar-refractivity contribution in [3.8, 4) is 5.75 Å². The molecule has 0 bridgehead atoms. The van der Waals surface area contributed by atoms with E-state index < -0.39 is 0 Å². The van der Waals surface area contributed by atoms with E-state index in [9.17, 15) is 0 Å². The van der Waals surface area contributed by atoms with Gasteiger partial charge in [0.25, 0.3) is 0 Å². The summed E-state index contributed by atoms with van der Waals surface area (Å²) in [5.41, 5.74) is 1.38. The summed E-state index contributed by atoms with van der Waals surface area (Å²) in [4.78, 5) is 0. The van der Waals surface area contributed by atoms with Crippen LogP contribution in [-0.2, 0) is 6.42 Å². The predicted octanol–water partition coefficient (Wildman–Crippen LogP) is 4.57. The van der Waals surface area contributed by atoms with Crippen molar-refractivity contribution in [2.45, 2.75) is 70.9 Å². The molecular formula is C19H31NO.